The van der Waals surface area contributed by atoms with Gasteiger partial charge in [-0.1, -0.05) is 23.2 Å². The molecule has 0 saturated heterocycles. The maximum atomic E-state index is 10.2. The van der Waals surface area contributed by atoms with Crippen molar-refractivity contribution >= 4 is 23.2 Å². The van der Waals surface area contributed by atoms with E-state index in [0.29, 0.717) is 22.2 Å². The Bertz CT molecular complexity index is 563. The monoisotopic (exact) mass is 310 g/mol. The van der Waals surface area contributed by atoms with Crippen molar-refractivity contribution in [2.75, 3.05) is 6.54 Å². The minimum Gasteiger partial charge on any atom is -0.387 e. The smallest absolute Gasteiger partial charge is 0.0929 e. The summed E-state index contributed by atoms with van der Waals surface area (Å²) < 4.78 is 0. The van der Waals surface area contributed by atoms with Crippen molar-refractivity contribution in [3.05, 3.63) is 63.9 Å². The van der Waals surface area contributed by atoms with E-state index in [2.05, 4.69) is 10.3 Å². The number of benzene rings is 1. The molecule has 1 unspecified atom stereocenters. The molecule has 0 bridgehead atoms. The van der Waals surface area contributed by atoms with Gasteiger partial charge in [-0.2, -0.15) is 0 Å². The molecule has 5 heteroatoms. The van der Waals surface area contributed by atoms with Crippen LogP contribution in [0.1, 0.15) is 30.2 Å². The minimum absolute atomic E-state index is 0.116. The predicted molar refractivity (Wildman–Crippen MR) is 82.1 cm³/mol. The zero-order valence-electron chi connectivity index (χ0n) is 11.1. The number of pyridine rings is 1. The van der Waals surface area contributed by atoms with Gasteiger partial charge in [-0.25, -0.2) is 0 Å². The molecule has 1 aromatic carbocycles. The van der Waals surface area contributed by atoms with E-state index in [0.717, 1.165) is 5.56 Å². The van der Waals surface area contributed by atoms with Crippen molar-refractivity contribution in [2.45, 2.75) is 19.1 Å². The molecule has 0 aliphatic heterocycles. The summed E-state index contributed by atoms with van der Waals surface area (Å²) in [6.45, 7) is 2.42. The first-order valence-electron chi connectivity index (χ1n) is 6.34. The Balaban J connectivity index is 1.98. The fourth-order valence-corrected chi connectivity index (χ4v) is 2.36. The van der Waals surface area contributed by atoms with Gasteiger partial charge in [-0.05, 0) is 42.8 Å². The van der Waals surface area contributed by atoms with Crippen LogP contribution in [0, 0.1) is 0 Å². The van der Waals surface area contributed by atoms with Crippen molar-refractivity contribution < 1.29 is 5.11 Å². The van der Waals surface area contributed by atoms with E-state index in [1.807, 2.05) is 19.1 Å². The van der Waals surface area contributed by atoms with Gasteiger partial charge in [0.2, 0.25) is 0 Å². The zero-order valence-corrected chi connectivity index (χ0v) is 12.6. The Morgan fingerprint density at radius 2 is 1.90 bits per heavy atom. The third-order valence-corrected chi connectivity index (χ3v) is 3.72. The van der Waals surface area contributed by atoms with Crippen molar-refractivity contribution in [1.82, 2.24) is 10.3 Å². The molecule has 1 heterocycles. The van der Waals surface area contributed by atoms with Gasteiger partial charge < -0.3 is 10.4 Å². The molecule has 2 aromatic rings. The fourth-order valence-electron chi connectivity index (χ4n) is 1.94. The lowest BCUT2D eigenvalue weighted by atomic mass is 10.1. The van der Waals surface area contributed by atoms with Crippen LogP contribution in [0.25, 0.3) is 0 Å². The molecule has 0 spiro atoms. The Labute approximate surface area is 128 Å². The number of aliphatic hydroxyl groups excluding tert-OH is 1. The van der Waals surface area contributed by atoms with Gasteiger partial charge in [0.25, 0.3) is 0 Å². The lowest BCUT2D eigenvalue weighted by Crippen LogP contribution is -2.24. The van der Waals surface area contributed by atoms with Crippen LogP contribution in [0.2, 0.25) is 10.0 Å². The third-order valence-electron chi connectivity index (χ3n) is 3.14. The summed E-state index contributed by atoms with van der Waals surface area (Å²) in [5.41, 5.74) is 1.75. The van der Waals surface area contributed by atoms with Crippen molar-refractivity contribution in [2.24, 2.45) is 0 Å². The van der Waals surface area contributed by atoms with Gasteiger partial charge in [-0.3, -0.25) is 4.98 Å². The second kappa shape index (κ2) is 7.04. The summed E-state index contributed by atoms with van der Waals surface area (Å²) in [6.07, 6.45) is 2.79. The number of halogens is 2. The summed E-state index contributed by atoms with van der Waals surface area (Å²) in [4.78, 5) is 3.98. The molecule has 20 heavy (non-hydrogen) atoms. The first-order valence-corrected chi connectivity index (χ1v) is 7.10. The molecule has 0 amide bonds. The molecule has 2 atom stereocenters. The molecule has 0 aliphatic rings. The largest absolute Gasteiger partial charge is 0.387 e. The first-order chi connectivity index (χ1) is 9.58. The lowest BCUT2D eigenvalue weighted by Gasteiger charge is -2.18. The highest BCUT2D eigenvalue weighted by Crippen LogP contribution is 2.26. The first kappa shape index (κ1) is 15.3. The standard InChI is InChI=1S/C15H16Cl2N2O/c1-10(11-4-6-18-7-5-11)19-9-15(20)13-8-12(16)2-3-14(13)17/h2-8,10,15,19-20H,9H2,1H3/t10-,15?/m1/s1. The SMILES string of the molecule is C[C@@H](NCC(O)c1cc(Cl)ccc1Cl)c1ccncc1. The summed E-state index contributed by atoms with van der Waals surface area (Å²) in [7, 11) is 0. The molecule has 0 aliphatic carbocycles. The molecule has 0 fully saturated rings. The van der Waals surface area contributed by atoms with Crippen molar-refractivity contribution in [3.63, 3.8) is 0 Å². The Kier molecular flexibility index (Phi) is 5.38. The number of nitrogens with one attached hydrogen (secondary N) is 1. The van der Waals surface area contributed by atoms with Gasteiger partial charge in [0.15, 0.2) is 0 Å². The predicted octanol–water partition coefficient (Wildman–Crippen LogP) is 3.77. The summed E-state index contributed by atoms with van der Waals surface area (Å²) in [5, 5.41) is 14.5. The molecule has 1 aromatic heterocycles. The van der Waals surface area contributed by atoms with Gasteiger partial charge >= 0.3 is 0 Å². The number of rotatable bonds is 5. The fraction of sp³-hybridized carbons (Fsp3) is 0.267. The van der Waals surface area contributed by atoms with Crippen LogP contribution in [0.15, 0.2) is 42.7 Å². The van der Waals surface area contributed by atoms with E-state index in [-0.39, 0.29) is 6.04 Å². The van der Waals surface area contributed by atoms with E-state index in [4.69, 9.17) is 23.2 Å². The molecule has 2 N–H and O–H groups in total. The highest BCUT2D eigenvalue weighted by Gasteiger charge is 2.14. The van der Waals surface area contributed by atoms with Gasteiger partial charge in [0, 0.05) is 40.6 Å². The Morgan fingerprint density at radius 1 is 1.20 bits per heavy atom. The molecule has 0 radical (unpaired) electrons. The van der Waals surface area contributed by atoms with Crippen LogP contribution in [-0.2, 0) is 0 Å². The highest BCUT2D eigenvalue weighted by atomic mass is 35.5. The average Bonchev–Trinajstić information content (AvgIpc) is 2.47. The highest BCUT2D eigenvalue weighted by molar-refractivity contribution is 6.33. The maximum Gasteiger partial charge on any atom is 0.0929 e. The zero-order chi connectivity index (χ0) is 14.5. The molecular formula is C15H16Cl2N2O. The summed E-state index contributed by atoms with van der Waals surface area (Å²) in [6, 6.07) is 9.08. The number of aromatic nitrogens is 1. The van der Waals surface area contributed by atoms with Crippen LogP contribution in [-0.4, -0.2) is 16.6 Å². The second-order valence-electron chi connectivity index (χ2n) is 4.59. The van der Waals surface area contributed by atoms with E-state index < -0.39 is 6.10 Å². The maximum absolute atomic E-state index is 10.2. The number of aliphatic hydroxyl groups is 1. The normalized spacial score (nSPS) is 14.0. The molecular weight excluding hydrogens is 295 g/mol. The Hall–Kier alpha value is -1.13. The number of hydrogen-bond acceptors (Lipinski definition) is 3. The van der Waals surface area contributed by atoms with Crippen molar-refractivity contribution in [1.29, 1.82) is 0 Å². The van der Waals surface area contributed by atoms with E-state index >= 15 is 0 Å². The van der Waals surface area contributed by atoms with E-state index in [1.165, 1.54) is 0 Å². The topological polar surface area (TPSA) is 45.1 Å². The van der Waals surface area contributed by atoms with Crippen molar-refractivity contribution in [3.8, 4) is 0 Å². The van der Waals surface area contributed by atoms with E-state index in [9.17, 15) is 5.11 Å². The van der Waals surface area contributed by atoms with E-state index in [1.54, 1.807) is 30.6 Å². The van der Waals surface area contributed by atoms with Crippen LogP contribution in [0.5, 0.6) is 0 Å². The molecule has 0 saturated carbocycles. The Morgan fingerprint density at radius 3 is 2.60 bits per heavy atom. The average molecular weight is 311 g/mol. The summed E-state index contributed by atoms with van der Waals surface area (Å²) in [5.74, 6) is 0. The van der Waals surface area contributed by atoms with Crippen LogP contribution >= 0.6 is 23.2 Å². The quantitative estimate of drug-likeness (QED) is 0.883. The summed E-state index contributed by atoms with van der Waals surface area (Å²) >= 11 is 12.0. The molecule has 106 valence electrons. The van der Waals surface area contributed by atoms with Crippen LogP contribution in [0.3, 0.4) is 0 Å². The van der Waals surface area contributed by atoms with Gasteiger partial charge in [-0.15, -0.1) is 0 Å². The minimum atomic E-state index is -0.703. The lowest BCUT2D eigenvalue weighted by molar-refractivity contribution is 0.171. The third kappa shape index (κ3) is 3.93. The van der Waals surface area contributed by atoms with Crippen LogP contribution in [0.4, 0.5) is 0 Å². The van der Waals surface area contributed by atoms with Gasteiger partial charge in [0.1, 0.15) is 0 Å². The van der Waals surface area contributed by atoms with Gasteiger partial charge in [0.05, 0.1) is 6.10 Å². The van der Waals surface area contributed by atoms with Crippen LogP contribution < -0.4 is 5.32 Å². The second-order valence-corrected chi connectivity index (χ2v) is 5.44. The molecule has 2 rings (SSSR count). The number of nitrogens with zero attached hydrogens (tertiary/aromatic N) is 1. The molecule has 3 nitrogen and oxygen atoms in total. The number of hydrogen-bond donors (Lipinski definition) is 2.